The van der Waals surface area contributed by atoms with Crippen molar-refractivity contribution < 1.29 is 18.8 Å². The number of nitrogens with zero attached hydrogens (tertiary/aromatic N) is 3. The summed E-state index contributed by atoms with van der Waals surface area (Å²) in [6, 6.07) is 5.72. The third-order valence-corrected chi connectivity index (χ3v) is 5.28. The van der Waals surface area contributed by atoms with Crippen LogP contribution in [0, 0.1) is 0 Å². The predicted octanol–water partition coefficient (Wildman–Crippen LogP) is 4.22. The quantitative estimate of drug-likeness (QED) is 0.627. The number of hydrogen-bond donors (Lipinski definition) is 1. The Morgan fingerprint density at radius 1 is 1.17 bits per heavy atom. The molecule has 1 N–H and O–H groups in total. The summed E-state index contributed by atoms with van der Waals surface area (Å²) < 4.78 is 16.4. The highest BCUT2D eigenvalue weighted by atomic mass is 32.1. The van der Waals surface area contributed by atoms with E-state index in [4.69, 9.17) is 14.0 Å². The molecule has 158 valence electrons. The number of thiazole rings is 1. The zero-order valence-corrected chi connectivity index (χ0v) is 18.0. The number of aryl methyl sites for hydroxylation is 1. The molecule has 4 rings (SSSR count). The van der Waals surface area contributed by atoms with E-state index < -0.39 is 0 Å². The first kappa shape index (κ1) is 20.3. The van der Waals surface area contributed by atoms with E-state index in [1.807, 2.05) is 44.4 Å². The zero-order valence-electron chi connectivity index (χ0n) is 17.2. The normalized spacial score (nSPS) is 13.3. The van der Waals surface area contributed by atoms with Crippen LogP contribution in [-0.2, 0) is 16.6 Å². The molecule has 1 aliphatic heterocycles. The molecular formula is C21H24N4O4S. The molecule has 0 bridgehead atoms. The monoisotopic (exact) mass is 428 g/mol. The zero-order chi connectivity index (χ0) is 21.1. The lowest BCUT2D eigenvalue weighted by atomic mass is 9.96. The van der Waals surface area contributed by atoms with Crippen LogP contribution in [0.25, 0.3) is 11.3 Å². The first-order chi connectivity index (χ1) is 14.4. The number of aromatic nitrogens is 3. The van der Waals surface area contributed by atoms with Gasteiger partial charge in [-0.15, -0.1) is 11.3 Å². The van der Waals surface area contributed by atoms with Crippen LogP contribution < -0.4 is 14.8 Å². The molecule has 0 saturated carbocycles. The maximum Gasteiger partial charge on any atom is 0.226 e. The maximum atomic E-state index is 12.3. The number of carbonyl (C=O) groups is 1. The molecule has 1 amide bonds. The fourth-order valence-corrected chi connectivity index (χ4v) is 3.65. The van der Waals surface area contributed by atoms with Crippen molar-refractivity contribution in [3.63, 3.8) is 0 Å². The molecule has 3 aromatic rings. The standard InChI is InChI=1S/C21H24N4O4S/c1-21(2,3)19-24-18(29-25-19)6-4-5-17(26)23-20-22-14(12-30-20)13-7-8-15-16(11-13)28-10-9-27-15/h7-8,11-12H,4-6,9-10H2,1-3H3,(H,22,23,26). The van der Waals surface area contributed by atoms with E-state index in [-0.39, 0.29) is 11.3 Å². The number of carbonyl (C=O) groups excluding carboxylic acids is 1. The lowest BCUT2D eigenvalue weighted by molar-refractivity contribution is -0.116. The molecule has 0 saturated heterocycles. The van der Waals surface area contributed by atoms with Gasteiger partial charge in [0.05, 0.1) is 5.69 Å². The molecule has 0 atom stereocenters. The highest BCUT2D eigenvalue weighted by Gasteiger charge is 2.21. The molecule has 8 nitrogen and oxygen atoms in total. The van der Waals surface area contributed by atoms with Crippen molar-refractivity contribution in [2.75, 3.05) is 18.5 Å². The Balaban J connectivity index is 1.29. The van der Waals surface area contributed by atoms with Crippen molar-refractivity contribution in [3.8, 4) is 22.8 Å². The van der Waals surface area contributed by atoms with E-state index in [1.54, 1.807) is 0 Å². The molecule has 0 aliphatic carbocycles. The molecule has 30 heavy (non-hydrogen) atoms. The van der Waals surface area contributed by atoms with Gasteiger partial charge in [0, 0.05) is 29.2 Å². The Bertz CT molecular complexity index is 1040. The summed E-state index contributed by atoms with van der Waals surface area (Å²) >= 11 is 1.39. The van der Waals surface area contributed by atoms with E-state index in [1.165, 1.54) is 11.3 Å². The average molecular weight is 429 g/mol. The summed E-state index contributed by atoms with van der Waals surface area (Å²) in [6.07, 6.45) is 1.54. The van der Waals surface area contributed by atoms with Crippen molar-refractivity contribution in [1.82, 2.24) is 15.1 Å². The lowest BCUT2D eigenvalue weighted by Gasteiger charge is -2.18. The summed E-state index contributed by atoms with van der Waals surface area (Å²) in [4.78, 5) is 21.2. The van der Waals surface area contributed by atoms with Gasteiger partial charge in [-0.25, -0.2) is 4.98 Å². The van der Waals surface area contributed by atoms with Gasteiger partial charge in [0.1, 0.15) is 13.2 Å². The Labute approximate surface area is 178 Å². The van der Waals surface area contributed by atoms with Crippen LogP contribution in [0.2, 0.25) is 0 Å². The predicted molar refractivity (Wildman–Crippen MR) is 113 cm³/mol. The third kappa shape index (κ3) is 4.79. The minimum Gasteiger partial charge on any atom is -0.486 e. The van der Waals surface area contributed by atoms with E-state index >= 15 is 0 Å². The highest BCUT2D eigenvalue weighted by molar-refractivity contribution is 7.14. The molecule has 0 radical (unpaired) electrons. The van der Waals surface area contributed by atoms with Crippen LogP contribution in [0.3, 0.4) is 0 Å². The van der Waals surface area contributed by atoms with Crippen LogP contribution >= 0.6 is 11.3 Å². The molecule has 2 aromatic heterocycles. The first-order valence-electron chi connectivity index (χ1n) is 9.87. The Kier molecular flexibility index (Phi) is 5.72. The van der Waals surface area contributed by atoms with Gasteiger partial charge in [0.2, 0.25) is 11.8 Å². The molecule has 0 spiro atoms. The second kappa shape index (κ2) is 8.43. The largest absolute Gasteiger partial charge is 0.486 e. The molecule has 3 heterocycles. The minimum atomic E-state index is -0.154. The van der Waals surface area contributed by atoms with Crippen molar-refractivity contribution in [1.29, 1.82) is 0 Å². The van der Waals surface area contributed by atoms with Gasteiger partial charge < -0.3 is 19.3 Å². The van der Waals surface area contributed by atoms with Gasteiger partial charge in [0.15, 0.2) is 22.5 Å². The molecule has 0 fully saturated rings. The topological polar surface area (TPSA) is 99.4 Å². The highest BCUT2D eigenvalue weighted by Crippen LogP contribution is 2.35. The van der Waals surface area contributed by atoms with Gasteiger partial charge in [-0.05, 0) is 24.6 Å². The van der Waals surface area contributed by atoms with Gasteiger partial charge in [-0.2, -0.15) is 4.98 Å². The second-order valence-corrected chi connectivity index (χ2v) is 8.92. The number of nitrogens with one attached hydrogen (secondary N) is 1. The van der Waals surface area contributed by atoms with E-state index in [9.17, 15) is 4.79 Å². The molecule has 1 aromatic carbocycles. The third-order valence-electron chi connectivity index (χ3n) is 4.52. The Morgan fingerprint density at radius 3 is 2.73 bits per heavy atom. The average Bonchev–Trinajstić information content (AvgIpc) is 3.37. The molecular weight excluding hydrogens is 404 g/mol. The van der Waals surface area contributed by atoms with Crippen molar-refractivity contribution >= 4 is 22.4 Å². The number of benzene rings is 1. The number of anilines is 1. The number of ether oxygens (including phenoxy) is 2. The van der Waals surface area contributed by atoms with Crippen LogP contribution in [0.4, 0.5) is 5.13 Å². The van der Waals surface area contributed by atoms with E-state index in [2.05, 4.69) is 20.4 Å². The number of hydrogen-bond acceptors (Lipinski definition) is 8. The molecule has 0 unspecified atom stereocenters. The van der Waals surface area contributed by atoms with Gasteiger partial charge in [0.25, 0.3) is 0 Å². The summed E-state index contributed by atoms with van der Waals surface area (Å²) in [5, 5.41) is 9.33. The molecule has 9 heteroatoms. The first-order valence-corrected chi connectivity index (χ1v) is 10.7. The number of rotatable bonds is 6. The number of amides is 1. The SMILES string of the molecule is CC(C)(C)c1noc(CCCC(=O)Nc2nc(-c3ccc4c(c3)OCCO4)cs2)n1. The Morgan fingerprint density at radius 2 is 1.97 bits per heavy atom. The van der Waals surface area contributed by atoms with Crippen molar-refractivity contribution in [3.05, 3.63) is 35.3 Å². The number of fused-ring (bicyclic) bond motifs is 1. The van der Waals surface area contributed by atoms with Crippen LogP contribution in [0.5, 0.6) is 11.5 Å². The summed E-state index contributed by atoms with van der Waals surface area (Å²) in [5.41, 5.74) is 1.55. The maximum absolute atomic E-state index is 12.3. The van der Waals surface area contributed by atoms with E-state index in [0.29, 0.717) is 55.1 Å². The summed E-state index contributed by atoms with van der Waals surface area (Å²) in [5.74, 6) is 2.60. The molecule has 1 aliphatic rings. The van der Waals surface area contributed by atoms with Crippen LogP contribution in [0.15, 0.2) is 28.1 Å². The minimum absolute atomic E-state index is 0.0892. The lowest BCUT2D eigenvalue weighted by Crippen LogP contribution is -2.15. The smallest absolute Gasteiger partial charge is 0.226 e. The summed E-state index contributed by atoms with van der Waals surface area (Å²) in [7, 11) is 0. The van der Waals surface area contributed by atoms with Gasteiger partial charge in [-0.1, -0.05) is 25.9 Å². The Hall–Kier alpha value is -2.94. The van der Waals surface area contributed by atoms with Crippen LogP contribution in [-0.4, -0.2) is 34.2 Å². The van der Waals surface area contributed by atoms with E-state index in [0.717, 1.165) is 17.0 Å². The fraction of sp³-hybridized carbons (Fsp3) is 0.429. The van der Waals surface area contributed by atoms with Crippen LogP contribution in [0.1, 0.15) is 45.3 Å². The van der Waals surface area contributed by atoms with Gasteiger partial charge in [-0.3, -0.25) is 4.79 Å². The van der Waals surface area contributed by atoms with Crippen molar-refractivity contribution in [2.45, 2.75) is 45.4 Å². The summed E-state index contributed by atoms with van der Waals surface area (Å²) in [6.45, 7) is 7.19. The van der Waals surface area contributed by atoms with Crippen molar-refractivity contribution in [2.24, 2.45) is 0 Å². The van der Waals surface area contributed by atoms with Gasteiger partial charge >= 0.3 is 0 Å². The second-order valence-electron chi connectivity index (χ2n) is 8.06. The fourth-order valence-electron chi connectivity index (χ4n) is 2.91.